The molecule has 4 aromatic rings. The Kier molecular flexibility index (Phi) is 4.64. The van der Waals surface area contributed by atoms with Crippen LogP contribution < -0.4 is 5.32 Å². The van der Waals surface area contributed by atoms with Crippen LogP contribution in [0.5, 0.6) is 0 Å². The smallest absolute Gasteiger partial charge is 0.0767 e. The molecule has 0 aliphatic heterocycles. The van der Waals surface area contributed by atoms with Gasteiger partial charge in [-0.15, -0.1) is 0 Å². The molecule has 0 amide bonds. The van der Waals surface area contributed by atoms with Crippen LogP contribution in [0.4, 0.5) is 5.69 Å². The Labute approximate surface area is 160 Å². The molecule has 1 N–H and O–H groups in total. The third-order valence-electron chi connectivity index (χ3n) is 5.06. The van der Waals surface area contributed by atoms with Crippen LogP contribution in [-0.2, 0) is 0 Å². The molecule has 134 valence electrons. The summed E-state index contributed by atoms with van der Waals surface area (Å²) >= 11 is 0. The lowest BCUT2D eigenvalue weighted by Crippen LogP contribution is -2.14. The molecule has 0 radical (unpaired) electrons. The maximum Gasteiger partial charge on any atom is 0.0767 e. The first kappa shape index (κ1) is 17.3. The summed E-state index contributed by atoms with van der Waals surface area (Å²) in [6.45, 7) is 6.42. The van der Waals surface area contributed by atoms with Crippen molar-refractivity contribution < 1.29 is 0 Å². The summed E-state index contributed by atoms with van der Waals surface area (Å²) in [5.41, 5.74) is 8.35. The molecule has 0 saturated carbocycles. The van der Waals surface area contributed by atoms with Crippen molar-refractivity contribution in [1.82, 2.24) is 4.98 Å². The van der Waals surface area contributed by atoms with E-state index < -0.39 is 0 Å². The van der Waals surface area contributed by atoms with Crippen molar-refractivity contribution >= 4 is 16.6 Å². The van der Waals surface area contributed by atoms with Crippen molar-refractivity contribution in [3.63, 3.8) is 0 Å². The van der Waals surface area contributed by atoms with Gasteiger partial charge in [0, 0.05) is 17.3 Å². The fourth-order valence-electron chi connectivity index (χ4n) is 3.78. The van der Waals surface area contributed by atoms with Gasteiger partial charge in [-0.3, -0.25) is 4.98 Å². The molecule has 2 nitrogen and oxygen atoms in total. The van der Waals surface area contributed by atoms with Gasteiger partial charge in [-0.05, 0) is 54.7 Å². The van der Waals surface area contributed by atoms with Crippen LogP contribution in [0.15, 0.2) is 79.0 Å². The van der Waals surface area contributed by atoms with E-state index in [2.05, 4.69) is 104 Å². The number of hydrogen-bond donors (Lipinski definition) is 1. The molecule has 2 heteroatoms. The van der Waals surface area contributed by atoms with Crippen LogP contribution in [0.1, 0.15) is 33.9 Å². The average molecular weight is 352 g/mol. The Balaban J connectivity index is 1.88. The maximum absolute atomic E-state index is 4.68. The van der Waals surface area contributed by atoms with Gasteiger partial charge >= 0.3 is 0 Å². The van der Waals surface area contributed by atoms with Gasteiger partial charge in [0.1, 0.15) is 0 Å². The molecular weight excluding hydrogens is 328 g/mol. The molecule has 27 heavy (non-hydrogen) atoms. The second-order valence-electron chi connectivity index (χ2n) is 7.19. The summed E-state index contributed by atoms with van der Waals surface area (Å²) in [6.07, 6.45) is 1.97. The van der Waals surface area contributed by atoms with Crippen LogP contribution in [0.2, 0.25) is 0 Å². The first-order chi connectivity index (χ1) is 13.1. The van der Waals surface area contributed by atoms with Crippen LogP contribution in [0.3, 0.4) is 0 Å². The van der Waals surface area contributed by atoms with E-state index in [1.54, 1.807) is 0 Å². The number of nitrogens with one attached hydrogen (secondary N) is 1. The summed E-state index contributed by atoms with van der Waals surface area (Å²) in [5, 5.41) is 5.05. The number of aromatic nitrogens is 1. The molecular formula is C25H24N2. The van der Waals surface area contributed by atoms with Crippen molar-refractivity contribution in [3.8, 4) is 0 Å². The van der Waals surface area contributed by atoms with Crippen LogP contribution in [0.25, 0.3) is 10.9 Å². The van der Waals surface area contributed by atoms with Gasteiger partial charge in [0.25, 0.3) is 0 Å². The average Bonchev–Trinajstić information content (AvgIpc) is 2.69. The van der Waals surface area contributed by atoms with Gasteiger partial charge in [0.15, 0.2) is 0 Å². The van der Waals surface area contributed by atoms with Gasteiger partial charge in [-0.25, -0.2) is 0 Å². The van der Waals surface area contributed by atoms with Crippen LogP contribution in [0, 0.1) is 20.8 Å². The third-order valence-corrected chi connectivity index (χ3v) is 5.06. The van der Waals surface area contributed by atoms with E-state index in [-0.39, 0.29) is 6.04 Å². The number of benzene rings is 3. The topological polar surface area (TPSA) is 24.9 Å². The third kappa shape index (κ3) is 3.43. The predicted molar refractivity (Wildman–Crippen MR) is 114 cm³/mol. The highest BCUT2D eigenvalue weighted by atomic mass is 14.9. The molecule has 1 aromatic heterocycles. The molecule has 0 unspecified atom stereocenters. The molecule has 0 aliphatic carbocycles. The lowest BCUT2D eigenvalue weighted by atomic mass is 9.96. The van der Waals surface area contributed by atoms with Gasteiger partial charge in [0.2, 0.25) is 0 Å². The number of anilines is 1. The quantitative estimate of drug-likeness (QED) is 0.462. The number of nitrogens with zero attached hydrogens (tertiary/aromatic N) is 1. The fraction of sp³-hybridized carbons (Fsp3) is 0.160. The zero-order chi connectivity index (χ0) is 18.8. The highest BCUT2D eigenvalue weighted by molar-refractivity contribution is 5.96. The highest BCUT2D eigenvalue weighted by Crippen LogP contribution is 2.34. The Morgan fingerprint density at radius 1 is 0.741 bits per heavy atom. The Hall–Kier alpha value is -3.13. The molecule has 0 spiro atoms. The van der Waals surface area contributed by atoms with Crippen molar-refractivity contribution in [3.05, 3.63) is 107 Å². The molecule has 0 saturated heterocycles. The summed E-state index contributed by atoms with van der Waals surface area (Å²) < 4.78 is 0. The largest absolute Gasteiger partial charge is 0.373 e. The molecule has 0 atom stereocenters. The van der Waals surface area contributed by atoms with E-state index in [4.69, 9.17) is 0 Å². The second-order valence-corrected chi connectivity index (χ2v) is 7.19. The van der Waals surface area contributed by atoms with Crippen molar-refractivity contribution in [1.29, 1.82) is 0 Å². The standard InChI is InChI=1S/C25H24N2/c1-17-14-18(2)23-22(15-17)26-16-19(3)24(23)27-25(20-10-6-4-7-11-20)21-12-8-5-9-13-21/h4-16,25H,1-3H3,(H,26,27). The molecule has 0 aliphatic rings. The number of hydrogen-bond acceptors (Lipinski definition) is 2. The fourth-order valence-corrected chi connectivity index (χ4v) is 3.78. The Morgan fingerprint density at radius 3 is 1.93 bits per heavy atom. The number of fused-ring (bicyclic) bond motifs is 1. The zero-order valence-electron chi connectivity index (χ0n) is 16.0. The van der Waals surface area contributed by atoms with E-state index in [1.165, 1.54) is 27.6 Å². The molecule has 0 bridgehead atoms. The van der Waals surface area contributed by atoms with Gasteiger partial charge in [0.05, 0.1) is 11.6 Å². The second kappa shape index (κ2) is 7.24. The van der Waals surface area contributed by atoms with Crippen molar-refractivity contribution in [2.24, 2.45) is 0 Å². The van der Waals surface area contributed by atoms with Gasteiger partial charge < -0.3 is 5.32 Å². The SMILES string of the molecule is Cc1cc(C)c2c(NC(c3ccccc3)c3ccccc3)c(C)cnc2c1. The summed E-state index contributed by atoms with van der Waals surface area (Å²) in [6, 6.07) is 25.7. The Bertz CT molecular complexity index is 1030. The minimum absolute atomic E-state index is 0.0809. The van der Waals surface area contributed by atoms with Crippen LogP contribution >= 0.6 is 0 Å². The van der Waals surface area contributed by atoms with E-state index in [0.29, 0.717) is 0 Å². The zero-order valence-corrected chi connectivity index (χ0v) is 16.0. The monoisotopic (exact) mass is 352 g/mol. The minimum atomic E-state index is 0.0809. The molecule has 0 fully saturated rings. The maximum atomic E-state index is 4.68. The summed E-state index contributed by atoms with van der Waals surface area (Å²) in [4.78, 5) is 4.68. The molecule has 1 heterocycles. The van der Waals surface area contributed by atoms with E-state index >= 15 is 0 Å². The van der Waals surface area contributed by atoms with E-state index in [9.17, 15) is 0 Å². The number of rotatable bonds is 4. The molecule has 3 aromatic carbocycles. The first-order valence-corrected chi connectivity index (χ1v) is 9.36. The van der Waals surface area contributed by atoms with Crippen molar-refractivity contribution in [2.75, 3.05) is 5.32 Å². The van der Waals surface area contributed by atoms with Gasteiger partial charge in [-0.1, -0.05) is 66.7 Å². The van der Waals surface area contributed by atoms with Crippen LogP contribution in [-0.4, -0.2) is 4.98 Å². The normalized spacial score (nSPS) is 11.1. The van der Waals surface area contributed by atoms with E-state index in [0.717, 1.165) is 16.8 Å². The Morgan fingerprint density at radius 2 is 1.33 bits per heavy atom. The lowest BCUT2D eigenvalue weighted by Gasteiger charge is -2.24. The first-order valence-electron chi connectivity index (χ1n) is 9.36. The van der Waals surface area contributed by atoms with Crippen molar-refractivity contribution in [2.45, 2.75) is 26.8 Å². The highest BCUT2D eigenvalue weighted by Gasteiger charge is 2.17. The summed E-state index contributed by atoms with van der Waals surface area (Å²) in [7, 11) is 0. The number of pyridine rings is 1. The summed E-state index contributed by atoms with van der Waals surface area (Å²) in [5.74, 6) is 0. The number of aryl methyl sites for hydroxylation is 3. The van der Waals surface area contributed by atoms with E-state index in [1.807, 2.05) is 6.20 Å². The molecule has 4 rings (SSSR count). The lowest BCUT2D eigenvalue weighted by molar-refractivity contribution is 0.938. The van der Waals surface area contributed by atoms with Gasteiger partial charge in [-0.2, -0.15) is 0 Å². The predicted octanol–water partition coefficient (Wildman–Crippen LogP) is 6.36. The minimum Gasteiger partial charge on any atom is -0.373 e.